The lowest BCUT2D eigenvalue weighted by Gasteiger charge is -2.13. The summed E-state index contributed by atoms with van der Waals surface area (Å²) in [4.78, 5) is 11.9. The van der Waals surface area contributed by atoms with Crippen molar-refractivity contribution < 1.29 is 26.4 Å². The third kappa shape index (κ3) is 4.58. The Kier molecular flexibility index (Phi) is 5.28. The first-order valence-corrected chi connectivity index (χ1v) is 8.59. The molecule has 2 aromatic carbocycles. The smallest absolute Gasteiger partial charge is 0.325 e. The molecule has 2 rings (SSSR count). The van der Waals surface area contributed by atoms with Crippen LogP contribution in [0.2, 0.25) is 0 Å². The molecule has 0 unspecified atom stereocenters. The maximum Gasteiger partial charge on any atom is 0.418 e. The Morgan fingerprint density at radius 3 is 2.17 bits per heavy atom. The fraction of sp³-hybridized carbons (Fsp3) is 0.188. The van der Waals surface area contributed by atoms with Crippen molar-refractivity contribution in [1.29, 1.82) is 0 Å². The van der Waals surface area contributed by atoms with Crippen LogP contribution in [0, 0.1) is 0 Å². The van der Waals surface area contributed by atoms with Crippen LogP contribution in [0.25, 0.3) is 0 Å². The Bertz CT molecular complexity index is 818. The van der Waals surface area contributed by atoms with E-state index in [1.807, 2.05) is 0 Å². The van der Waals surface area contributed by atoms with Gasteiger partial charge in [-0.15, -0.1) is 0 Å². The molecule has 0 aromatic heterocycles. The molecule has 24 heavy (non-hydrogen) atoms. The summed E-state index contributed by atoms with van der Waals surface area (Å²) in [6.07, 6.45) is -5.05. The molecule has 0 aliphatic carbocycles. The minimum Gasteiger partial charge on any atom is -0.325 e. The van der Waals surface area contributed by atoms with Crippen LogP contribution in [0.3, 0.4) is 0 Å². The molecule has 0 fully saturated rings. The number of rotatable bonds is 5. The summed E-state index contributed by atoms with van der Waals surface area (Å²) in [5, 5.41) is 2.12. The van der Waals surface area contributed by atoms with Crippen molar-refractivity contribution >= 4 is 21.4 Å². The largest absolute Gasteiger partial charge is 0.418 e. The molecule has 0 saturated heterocycles. The van der Waals surface area contributed by atoms with Gasteiger partial charge in [0.2, 0.25) is 5.91 Å². The molecule has 0 spiro atoms. The van der Waals surface area contributed by atoms with Gasteiger partial charge in [0.1, 0.15) is 0 Å². The normalized spacial score (nSPS) is 12.0. The van der Waals surface area contributed by atoms with E-state index in [0.717, 1.165) is 12.1 Å². The third-order valence-corrected chi connectivity index (χ3v) is 4.94. The lowest BCUT2D eigenvalue weighted by atomic mass is 10.1. The summed E-state index contributed by atoms with van der Waals surface area (Å²) < 4.78 is 62.7. The summed E-state index contributed by atoms with van der Waals surface area (Å²) in [6, 6.07) is 12.1. The Hall–Kier alpha value is -2.35. The SMILES string of the molecule is O=C(CCS(=O)(=O)c1ccccc1)Nc1ccccc1C(F)(F)F. The molecule has 0 bridgehead atoms. The number of amides is 1. The number of hydrogen-bond donors (Lipinski definition) is 1. The van der Waals surface area contributed by atoms with Gasteiger partial charge in [-0.2, -0.15) is 13.2 Å². The number of halogens is 3. The number of nitrogens with one attached hydrogen (secondary N) is 1. The minimum absolute atomic E-state index is 0.0634. The van der Waals surface area contributed by atoms with Gasteiger partial charge in [-0.25, -0.2) is 8.42 Å². The molecule has 0 heterocycles. The van der Waals surface area contributed by atoms with Crippen molar-refractivity contribution in [2.75, 3.05) is 11.1 Å². The zero-order valence-electron chi connectivity index (χ0n) is 12.4. The quantitative estimate of drug-likeness (QED) is 0.891. The van der Waals surface area contributed by atoms with Crippen LogP contribution < -0.4 is 5.32 Å². The summed E-state index contributed by atoms with van der Waals surface area (Å²) >= 11 is 0. The summed E-state index contributed by atoms with van der Waals surface area (Å²) in [7, 11) is -3.67. The van der Waals surface area contributed by atoms with Crippen molar-refractivity contribution in [2.24, 2.45) is 0 Å². The predicted octanol–water partition coefficient (Wildman–Crippen LogP) is 3.51. The molecule has 4 nitrogen and oxygen atoms in total. The van der Waals surface area contributed by atoms with Crippen molar-refractivity contribution in [2.45, 2.75) is 17.5 Å². The molecule has 0 saturated carbocycles. The van der Waals surface area contributed by atoms with Crippen LogP contribution in [-0.4, -0.2) is 20.1 Å². The van der Waals surface area contributed by atoms with Crippen LogP contribution in [-0.2, 0) is 20.8 Å². The number of benzene rings is 2. The number of carbonyl (C=O) groups is 1. The molecule has 2 aromatic rings. The maximum absolute atomic E-state index is 12.8. The second-order valence-electron chi connectivity index (χ2n) is 4.97. The molecule has 8 heteroatoms. The second-order valence-corrected chi connectivity index (χ2v) is 7.08. The highest BCUT2D eigenvalue weighted by molar-refractivity contribution is 7.91. The summed E-state index contributed by atoms with van der Waals surface area (Å²) in [5.41, 5.74) is -1.38. The van der Waals surface area contributed by atoms with Crippen LogP contribution in [0.1, 0.15) is 12.0 Å². The predicted molar refractivity (Wildman–Crippen MR) is 83.2 cm³/mol. The van der Waals surface area contributed by atoms with Gasteiger partial charge in [-0.3, -0.25) is 4.79 Å². The Balaban J connectivity index is 2.05. The highest BCUT2D eigenvalue weighted by Crippen LogP contribution is 2.34. The van der Waals surface area contributed by atoms with E-state index in [9.17, 15) is 26.4 Å². The van der Waals surface area contributed by atoms with E-state index < -0.39 is 45.3 Å². The number of anilines is 1. The zero-order chi connectivity index (χ0) is 17.8. The first kappa shape index (κ1) is 18.0. The zero-order valence-corrected chi connectivity index (χ0v) is 13.2. The average molecular weight is 357 g/mol. The highest BCUT2D eigenvalue weighted by Gasteiger charge is 2.33. The Morgan fingerprint density at radius 1 is 0.958 bits per heavy atom. The average Bonchev–Trinajstić information content (AvgIpc) is 2.53. The maximum atomic E-state index is 12.8. The van der Waals surface area contributed by atoms with Gasteiger partial charge in [0.05, 0.1) is 21.9 Å². The molecular formula is C16H14F3NO3S. The highest BCUT2D eigenvalue weighted by atomic mass is 32.2. The first-order valence-electron chi connectivity index (χ1n) is 6.94. The van der Waals surface area contributed by atoms with E-state index in [0.29, 0.717) is 0 Å². The van der Waals surface area contributed by atoms with E-state index in [4.69, 9.17) is 0 Å². The molecular weight excluding hydrogens is 343 g/mol. The van der Waals surface area contributed by atoms with Gasteiger partial charge in [0.25, 0.3) is 0 Å². The fourth-order valence-electron chi connectivity index (χ4n) is 2.02. The van der Waals surface area contributed by atoms with Gasteiger partial charge < -0.3 is 5.32 Å². The fourth-order valence-corrected chi connectivity index (χ4v) is 3.29. The summed E-state index contributed by atoms with van der Waals surface area (Å²) in [5.74, 6) is -1.29. The second kappa shape index (κ2) is 7.04. The van der Waals surface area contributed by atoms with Gasteiger partial charge >= 0.3 is 6.18 Å². The van der Waals surface area contributed by atoms with Gasteiger partial charge in [-0.1, -0.05) is 30.3 Å². The standard InChI is InChI=1S/C16H14F3NO3S/c17-16(18,19)13-8-4-5-9-14(13)20-15(21)10-11-24(22,23)12-6-2-1-3-7-12/h1-9H,10-11H2,(H,20,21). The molecule has 0 aliphatic rings. The number of carbonyl (C=O) groups excluding carboxylic acids is 1. The third-order valence-electron chi connectivity index (χ3n) is 3.21. The molecule has 128 valence electrons. The van der Waals surface area contributed by atoms with Gasteiger partial charge in [-0.05, 0) is 24.3 Å². The van der Waals surface area contributed by atoms with E-state index >= 15 is 0 Å². The number of hydrogen-bond acceptors (Lipinski definition) is 3. The minimum atomic E-state index is -4.61. The van der Waals surface area contributed by atoms with E-state index in [1.165, 1.54) is 24.3 Å². The monoisotopic (exact) mass is 357 g/mol. The number of alkyl halides is 3. The molecule has 0 radical (unpaired) electrons. The van der Waals surface area contributed by atoms with Crippen molar-refractivity contribution in [1.82, 2.24) is 0 Å². The van der Waals surface area contributed by atoms with Crippen molar-refractivity contribution in [3.8, 4) is 0 Å². The van der Waals surface area contributed by atoms with Crippen LogP contribution >= 0.6 is 0 Å². The van der Waals surface area contributed by atoms with Crippen LogP contribution in [0.15, 0.2) is 59.5 Å². The topological polar surface area (TPSA) is 63.2 Å². The number of para-hydroxylation sites is 1. The van der Waals surface area contributed by atoms with Crippen molar-refractivity contribution in [3.63, 3.8) is 0 Å². The Morgan fingerprint density at radius 2 is 1.54 bits per heavy atom. The first-order chi connectivity index (χ1) is 11.2. The molecule has 0 atom stereocenters. The van der Waals surface area contributed by atoms with Crippen molar-refractivity contribution in [3.05, 3.63) is 60.2 Å². The van der Waals surface area contributed by atoms with E-state index in [2.05, 4.69) is 5.32 Å². The van der Waals surface area contributed by atoms with Crippen LogP contribution in [0.5, 0.6) is 0 Å². The number of sulfone groups is 1. The lowest BCUT2D eigenvalue weighted by Crippen LogP contribution is -2.19. The molecule has 1 N–H and O–H groups in total. The van der Waals surface area contributed by atoms with Gasteiger partial charge in [0, 0.05) is 6.42 Å². The van der Waals surface area contributed by atoms with E-state index in [-0.39, 0.29) is 4.90 Å². The Labute approximate surface area is 137 Å². The van der Waals surface area contributed by atoms with Crippen LogP contribution in [0.4, 0.5) is 18.9 Å². The van der Waals surface area contributed by atoms with Gasteiger partial charge in [0.15, 0.2) is 9.84 Å². The summed E-state index contributed by atoms with van der Waals surface area (Å²) in [6.45, 7) is 0. The molecule has 0 aliphatic heterocycles. The lowest BCUT2D eigenvalue weighted by molar-refractivity contribution is -0.137. The molecule has 1 amide bonds. The van der Waals surface area contributed by atoms with E-state index in [1.54, 1.807) is 18.2 Å².